The number of rotatable bonds is 6. The number of benzene rings is 2. The fraction of sp³-hybridized carbons (Fsp3) is 0.250. The molecule has 0 aliphatic carbocycles. The Morgan fingerprint density at radius 3 is 2.42 bits per heavy atom. The van der Waals surface area contributed by atoms with E-state index in [0.29, 0.717) is 17.1 Å². The molecule has 0 saturated heterocycles. The van der Waals surface area contributed by atoms with Gasteiger partial charge < -0.3 is 9.47 Å². The molecule has 0 aromatic heterocycles. The smallest absolute Gasteiger partial charge is 0.242 e. The second-order valence-electron chi connectivity index (χ2n) is 5.00. The van der Waals surface area contributed by atoms with Gasteiger partial charge in [0.05, 0.1) is 24.3 Å². The van der Waals surface area contributed by atoms with E-state index in [2.05, 4.69) is 4.72 Å². The molecule has 24 heavy (non-hydrogen) atoms. The van der Waals surface area contributed by atoms with Gasteiger partial charge in [-0.2, -0.15) is 0 Å². The van der Waals surface area contributed by atoms with Crippen LogP contribution < -0.4 is 14.2 Å². The number of halogens is 2. The van der Waals surface area contributed by atoms with Crippen molar-refractivity contribution in [3.05, 3.63) is 52.0 Å². The summed E-state index contributed by atoms with van der Waals surface area (Å²) in [6.07, 6.45) is 0. The maximum Gasteiger partial charge on any atom is 0.242 e. The van der Waals surface area contributed by atoms with E-state index in [1.807, 2.05) is 0 Å². The van der Waals surface area contributed by atoms with Crippen LogP contribution in [-0.4, -0.2) is 22.6 Å². The SMILES string of the molecule is COc1ccc(OC)c([C@@H](C)NS(=O)(=O)c2cccc(Cl)c2Cl)c1. The third-order valence-corrected chi connectivity index (χ3v) is 5.96. The first-order valence-corrected chi connectivity index (χ1v) is 9.22. The minimum absolute atomic E-state index is 0.0172. The van der Waals surface area contributed by atoms with Crippen LogP contribution in [0.3, 0.4) is 0 Å². The van der Waals surface area contributed by atoms with Crippen LogP contribution >= 0.6 is 23.2 Å². The van der Waals surface area contributed by atoms with Gasteiger partial charge in [0.2, 0.25) is 10.0 Å². The number of hydrogen-bond acceptors (Lipinski definition) is 4. The van der Waals surface area contributed by atoms with Gasteiger partial charge in [0, 0.05) is 11.6 Å². The van der Waals surface area contributed by atoms with Gasteiger partial charge in [-0.05, 0) is 37.3 Å². The Balaban J connectivity index is 2.38. The van der Waals surface area contributed by atoms with E-state index in [1.165, 1.54) is 32.4 Å². The molecule has 0 fully saturated rings. The minimum Gasteiger partial charge on any atom is -0.497 e. The first-order valence-electron chi connectivity index (χ1n) is 6.98. The van der Waals surface area contributed by atoms with Crippen molar-refractivity contribution in [1.82, 2.24) is 4.72 Å². The Morgan fingerprint density at radius 1 is 1.08 bits per heavy atom. The summed E-state index contributed by atoms with van der Waals surface area (Å²) >= 11 is 11.9. The average molecular weight is 390 g/mol. The fourth-order valence-corrected chi connectivity index (χ4v) is 4.21. The Labute approximate surface area is 151 Å². The Bertz CT molecular complexity index is 840. The summed E-state index contributed by atoms with van der Waals surface area (Å²) in [5.41, 5.74) is 0.638. The molecular weight excluding hydrogens is 373 g/mol. The largest absolute Gasteiger partial charge is 0.497 e. The Morgan fingerprint density at radius 2 is 1.79 bits per heavy atom. The van der Waals surface area contributed by atoms with Crippen LogP contribution in [0.1, 0.15) is 18.5 Å². The van der Waals surface area contributed by atoms with Crippen molar-refractivity contribution in [1.29, 1.82) is 0 Å². The van der Waals surface area contributed by atoms with Gasteiger partial charge in [0.1, 0.15) is 16.4 Å². The van der Waals surface area contributed by atoms with Crippen molar-refractivity contribution >= 4 is 33.2 Å². The Kier molecular flexibility index (Phi) is 5.98. The summed E-state index contributed by atoms with van der Waals surface area (Å²) in [5, 5.41) is 0.155. The van der Waals surface area contributed by atoms with Crippen LogP contribution in [0.4, 0.5) is 0 Å². The second-order valence-corrected chi connectivity index (χ2v) is 7.47. The van der Waals surface area contributed by atoms with E-state index < -0.39 is 16.1 Å². The molecule has 2 rings (SSSR count). The number of sulfonamides is 1. The van der Waals surface area contributed by atoms with E-state index in [4.69, 9.17) is 32.7 Å². The third-order valence-electron chi connectivity index (χ3n) is 3.44. The fourth-order valence-electron chi connectivity index (χ4n) is 2.23. The van der Waals surface area contributed by atoms with E-state index in [0.717, 1.165) is 0 Å². The highest BCUT2D eigenvalue weighted by atomic mass is 35.5. The van der Waals surface area contributed by atoms with Crippen LogP contribution in [0.5, 0.6) is 11.5 Å². The summed E-state index contributed by atoms with van der Waals surface area (Å²) in [7, 11) is -0.820. The van der Waals surface area contributed by atoms with Crippen molar-refractivity contribution in [2.24, 2.45) is 0 Å². The molecule has 0 heterocycles. The minimum atomic E-state index is -3.87. The monoisotopic (exact) mass is 389 g/mol. The molecule has 0 unspecified atom stereocenters. The molecule has 130 valence electrons. The van der Waals surface area contributed by atoms with Gasteiger partial charge in [0.25, 0.3) is 0 Å². The van der Waals surface area contributed by atoms with Crippen LogP contribution in [0.15, 0.2) is 41.3 Å². The summed E-state index contributed by atoms with van der Waals surface area (Å²) in [4.78, 5) is -0.0784. The van der Waals surface area contributed by atoms with Gasteiger partial charge >= 0.3 is 0 Å². The van der Waals surface area contributed by atoms with Gasteiger partial charge in [-0.3, -0.25) is 0 Å². The second kappa shape index (κ2) is 7.61. The van der Waals surface area contributed by atoms with Crippen molar-refractivity contribution < 1.29 is 17.9 Å². The van der Waals surface area contributed by atoms with Gasteiger partial charge in [0.15, 0.2) is 0 Å². The predicted octanol–water partition coefficient (Wildman–Crippen LogP) is 4.05. The van der Waals surface area contributed by atoms with Gasteiger partial charge in [-0.15, -0.1) is 0 Å². The van der Waals surface area contributed by atoms with Crippen molar-refractivity contribution in [2.45, 2.75) is 17.9 Å². The van der Waals surface area contributed by atoms with Crippen LogP contribution in [0, 0.1) is 0 Å². The zero-order chi connectivity index (χ0) is 17.9. The molecule has 1 atom stereocenters. The summed E-state index contributed by atoms with van der Waals surface area (Å²) in [5.74, 6) is 1.14. The number of ether oxygens (including phenoxy) is 2. The van der Waals surface area contributed by atoms with E-state index in [9.17, 15) is 8.42 Å². The number of nitrogens with one attached hydrogen (secondary N) is 1. The molecule has 0 bridgehead atoms. The maximum atomic E-state index is 12.6. The molecule has 2 aromatic rings. The van der Waals surface area contributed by atoms with Crippen LogP contribution in [0.25, 0.3) is 0 Å². The average Bonchev–Trinajstić information content (AvgIpc) is 2.56. The zero-order valence-corrected chi connectivity index (χ0v) is 15.7. The first-order chi connectivity index (χ1) is 11.3. The lowest BCUT2D eigenvalue weighted by molar-refractivity contribution is 0.395. The van der Waals surface area contributed by atoms with Crippen molar-refractivity contribution in [3.8, 4) is 11.5 Å². The molecule has 0 radical (unpaired) electrons. The lowest BCUT2D eigenvalue weighted by atomic mass is 10.1. The van der Waals surface area contributed by atoms with E-state index >= 15 is 0 Å². The van der Waals surface area contributed by atoms with E-state index in [1.54, 1.807) is 25.1 Å². The lowest BCUT2D eigenvalue weighted by Gasteiger charge is -2.19. The molecule has 1 N–H and O–H groups in total. The molecule has 0 aliphatic heterocycles. The standard InChI is InChI=1S/C16H17Cl2NO4S/c1-10(12-9-11(22-2)7-8-14(12)23-3)19-24(20,21)15-6-4-5-13(17)16(15)18/h4-10,19H,1-3H3/t10-/m1/s1. The molecule has 0 aliphatic rings. The third kappa shape index (κ3) is 3.95. The summed E-state index contributed by atoms with van der Waals surface area (Å²) in [6, 6.07) is 9.03. The molecule has 0 amide bonds. The topological polar surface area (TPSA) is 64.6 Å². The normalized spacial score (nSPS) is 12.7. The molecular formula is C16H17Cl2NO4S. The molecule has 8 heteroatoms. The van der Waals surface area contributed by atoms with Gasteiger partial charge in [-0.1, -0.05) is 29.3 Å². The summed E-state index contributed by atoms with van der Waals surface area (Å²) < 4.78 is 38.3. The van der Waals surface area contributed by atoms with E-state index in [-0.39, 0.29) is 14.9 Å². The zero-order valence-electron chi connectivity index (χ0n) is 13.3. The van der Waals surface area contributed by atoms with Gasteiger partial charge in [-0.25, -0.2) is 13.1 Å². The molecule has 5 nitrogen and oxygen atoms in total. The van der Waals surface area contributed by atoms with Crippen molar-refractivity contribution in [2.75, 3.05) is 14.2 Å². The number of hydrogen-bond donors (Lipinski definition) is 1. The molecule has 2 aromatic carbocycles. The highest BCUT2D eigenvalue weighted by Gasteiger charge is 2.24. The Hall–Kier alpha value is -1.47. The molecule has 0 spiro atoms. The first kappa shape index (κ1) is 18.9. The number of methoxy groups -OCH3 is 2. The highest BCUT2D eigenvalue weighted by Crippen LogP contribution is 2.32. The highest BCUT2D eigenvalue weighted by molar-refractivity contribution is 7.89. The van der Waals surface area contributed by atoms with Crippen molar-refractivity contribution in [3.63, 3.8) is 0 Å². The quantitative estimate of drug-likeness (QED) is 0.808. The van der Waals surface area contributed by atoms with Crippen LogP contribution in [-0.2, 0) is 10.0 Å². The predicted molar refractivity (Wildman–Crippen MR) is 94.7 cm³/mol. The molecule has 0 saturated carbocycles. The van der Waals surface area contributed by atoms with Crippen LogP contribution in [0.2, 0.25) is 10.0 Å². The lowest BCUT2D eigenvalue weighted by Crippen LogP contribution is -2.27. The maximum absolute atomic E-state index is 12.6. The summed E-state index contributed by atoms with van der Waals surface area (Å²) in [6.45, 7) is 1.70.